The number of primary amides is 1. The normalized spacial score (nSPS) is 12.6. The van der Waals surface area contributed by atoms with Crippen LogP contribution in [-0.4, -0.2) is 29.6 Å². The van der Waals surface area contributed by atoms with Crippen LogP contribution in [0.25, 0.3) is 0 Å². The van der Waals surface area contributed by atoms with Crippen molar-refractivity contribution in [3.05, 3.63) is 29.6 Å². The monoisotopic (exact) mass is 279 g/mol. The zero-order valence-corrected chi connectivity index (χ0v) is 12.3. The Kier molecular flexibility index (Phi) is 5.07. The lowest BCUT2D eigenvalue weighted by Gasteiger charge is -2.30. The van der Waals surface area contributed by atoms with Crippen LogP contribution in [0.15, 0.2) is 18.3 Å². The highest BCUT2D eigenvalue weighted by molar-refractivity contribution is 5.93. The van der Waals surface area contributed by atoms with Crippen LogP contribution in [0.4, 0.5) is 4.79 Å². The molecule has 110 valence electrons. The van der Waals surface area contributed by atoms with E-state index in [0.29, 0.717) is 5.69 Å². The smallest absolute Gasteiger partial charge is 0.404 e. The van der Waals surface area contributed by atoms with Crippen LogP contribution < -0.4 is 11.1 Å². The molecule has 0 saturated heterocycles. The average molecular weight is 279 g/mol. The van der Waals surface area contributed by atoms with Crippen molar-refractivity contribution in [3.8, 4) is 0 Å². The van der Waals surface area contributed by atoms with E-state index in [-0.39, 0.29) is 24.0 Å². The van der Waals surface area contributed by atoms with Gasteiger partial charge < -0.3 is 15.8 Å². The van der Waals surface area contributed by atoms with Crippen LogP contribution >= 0.6 is 0 Å². The summed E-state index contributed by atoms with van der Waals surface area (Å²) in [5.74, 6) is -0.295. The van der Waals surface area contributed by atoms with Gasteiger partial charge in [-0.3, -0.25) is 9.78 Å². The zero-order valence-electron chi connectivity index (χ0n) is 12.3. The van der Waals surface area contributed by atoms with Gasteiger partial charge in [0.25, 0.3) is 5.91 Å². The van der Waals surface area contributed by atoms with E-state index in [1.807, 2.05) is 33.8 Å². The molecule has 3 N–H and O–H groups in total. The molecule has 1 atom stereocenters. The third-order valence-electron chi connectivity index (χ3n) is 2.97. The average Bonchev–Trinajstić information content (AvgIpc) is 2.33. The first-order valence-corrected chi connectivity index (χ1v) is 6.36. The Morgan fingerprint density at radius 1 is 1.45 bits per heavy atom. The number of carbonyl (C=O) groups excluding carboxylic acids is 2. The highest BCUT2D eigenvalue weighted by atomic mass is 16.5. The molecule has 1 aromatic rings. The van der Waals surface area contributed by atoms with Crippen LogP contribution in [0.2, 0.25) is 0 Å². The van der Waals surface area contributed by atoms with Crippen LogP contribution in [0, 0.1) is 12.3 Å². The number of nitrogens with one attached hydrogen (secondary N) is 1. The molecule has 0 bridgehead atoms. The Bertz CT molecular complexity index is 495. The molecule has 0 saturated carbocycles. The first kappa shape index (κ1) is 15.9. The fourth-order valence-electron chi connectivity index (χ4n) is 1.62. The summed E-state index contributed by atoms with van der Waals surface area (Å²) in [5, 5.41) is 2.84. The van der Waals surface area contributed by atoms with Gasteiger partial charge >= 0.3 is 6.09 Å². The second kappa shape index (κ2) is 6.36. The quantitative estimate of drug-likeness (QED) is 0.875. The van der Waals surface area contributed by atoms with Crippen molar-refractivity contribution in [2.45, 2.75) is 33.7 Å². The zero-order chi connectivity index (χ0) is 15.3. The Morgan fingerprint density at radius 3 is 2.60 bits per heavy atom. The summed E-state index contributed by atoms with van der Waals surface area (Å²) in [4.78, 5) is 27.0. The molecule has 6 nitrogen and oxygen atoms in total. The van der Waals surface area contributed by atoms with E-state index in [2.05, 4.69) is 10.3 Å². The predicted octanol–water partition coefficient (Wildman–Crippen LogP) is 1.63. The molecular weight excluding hydrogens is 258 g/mol. The van der Waals surface area contributed by atoms with Crippen LogP contribution in [-0.2, 0) is 4.74 Å². The van der Waals surface area contributed by atoms with Gasteiger partial charge in [0.15, 0.2) is 0 Å². The molecule has 1 heterocycles. The van der Waals surface area contributed by atoms with E-state index in [1.165, 1.54) is 0 Å². The summed E-state index contributed by atoms with van der Waals surface area (Å²) < 4.78 is 4.80. The van der Waals surface area contributed by atoms with Gasteiger partial charge in [0, 0.05) is 6.20 Å². The van der Waals surface area contributed by atoms with E-state index in [9.17, 15) is 9.59 Å². The fourth-order valence-corrected chi connectivity index (χ4v) is 1.62. The van der Waals surface area contributed by atoms with E-state index in [0.717, 1.165) is 5.56 Å². The summed E-state index contributed by atoms with van der Waals surface area (Å²) in [5.41, 5.74) is 5.83. The van der Waals surface area contributed by atoms with Gasteiger partial charge in [0.2, 0.25) is 0 Å². The lowest BCUT2D eigenvalue weighted by Crippen LogP contribution is -2.47. The number of carbonyl (C=O) groups is 2. The molecule has 0 aromatic carbocycles. The standard InChI is InChI=1S/C14H21N3O3/c1-9-6-5-7-16-11(9)12(18)17-10(14(2,3)4)8-20-13(15)19/h5-7,10H,8H2,1-4H3,(H2,15,19)(H,17,18). The number of hydrogen-bond acceptors (Lipinski definition) is 4. The lowest BCUT2D eigenvalue weighted by atomic mass is 9.87. The highest BCUT2D eigenvalue weighted by Gasteiger charge is 2.28. The third kappa shape index (κ3) is 4.53. The summed E-state index contributed by atoms with van der Waals surface area (Å²) in [6, 6.07) is 3.22. The molecule has 0 aliphatic heterocycles. The Labute approximate surface area is 118 Å². The molecule has 2 amide bonds. The number of pyridine rings is 1. The first-order chi connectivity index (χ1) is 9.21. The maximum atomic E-state index is 12.2. The Hall–Kier alpha value is -2.11. The lowest BCUT2D eigenvalue weighted by molar-refractivity contribution is 0.0799. The van der Waals surface area contributed by atoms with Gasteiger partial charge in [0.05, 0.1) is 6.04 Å². The van der Waals surface area contributed by atoms with E-state index in [1.54, 1.807) is 12.3 Å². The van der Waals surface area contributed by atoms with Crippen molar-refractivity contribution in [1.82, 2.24) is 10.3 Å². The molecule has 6 heteroatoms. The van der Waals surface area contributed by atoms with Crippen LogP contribution in [0.5, 0.6) is 0 Å². The largest absolute Gasteiger partial charge is 0.448 e. The van der Waals surface area contributed by atoms with Crippen molar-refractivity contribution in [1.29, 1.82) is 0 Å². The minimum absolute atomic E-state index is 0.0243. The van der Waals surface area contributed by atoms with Crippen LogP contribution in [0.3, 0.4) is 0 Å². The van der Waals surface area contributed by atoms with Crippen molar-refractivity contribution >= 4 is 12.0 Å². The van der Waals surface area contributed by atoms with Crippen molar-refractivity contribution in [2.75, 3.05) is 6.61 Å². The summed E-state index contributed by atoms with van der Waals surface area (Å²) in [6.07, 6.45) is 0.705. The third-order valence-corrected chi connectivity index (χ3v) is 2.97. The number of nitrogens with two attached hydrogens (primary N) is 1. The molecule has 1 unspecified atom stereocenters. The number of amides is 2. The summed E-state index contributed by atoms with van der Waals surface area (Å²) >= 11 is 0. The SMILES string of the molecule is Cc1cccnc1C(=O)NC(COC(N)=O)C(C)(C)C. The molecule has 0 spiro atoms. The van der Waals surface area contributed by atoms with E-state index in [4.69, 9.17) is 10.5 Å². The molecule has 1 rings (SSSR count). The molecule has 0 fully saturated rings. The number of rotatable bonds is 4. The first-order valence-electron chi connectivity index (χ1n) is 6.36. The van der Waals surface area contributed by atoms with E-state index >= 15 is 0 Å². The summed E-state index contributed by atoms with van der Waals surface area (Å²) in [6.45, 7) is 7.65. The number of aryl methyl sites for hydroxylation is 1. The second-order valence-electron chi connectivity index (χ2n) is 5.69. The second-order valence-corrected chi connectivity index (χ2v) is 5.69. The topological polar surface area (TPSA) is 94.3 Å². The summed E-state index contributed by atoms with van der Waals surface area (Å²) in [7, 11) is 0. The molecule has 0 aliphatic carbocycles. The molecular formula is C14H21N3O3. The molecule has 20 heavy (non-hydrogen) atoms. The van der Waals surface area contributed by atoms with Gasteiger partial charge in [-0.1, -0.05) is 26.8 Å². The van der Waals surface area contributed by atoms with Crippen LogP contribution in [0.1, 0.15) is 36.8 Å². The van der Waals surface area contributed by atoms with Crippen molar-refractivity contribution < 1.29 is 14.3 Å². The van der Waals surface area contributed by atoms with Crippen molar-refractivity contribution in [2.24, 2.45) is 11.1 Å². The number of nitrogens with zero attached hydrogens (tertiary/aromatic N) is 1. The predicted molar refractivity (Wildman–Crippen MR) is 75.2 cm³/mol. The maximum Gasteiger partial charge on any atom is 0.404 e. The van der Waals surface area contributed by atoms with Gasteiger partial charge in [-0.05, 0) is 24.0 Å². The fraction of sp³-hybridized carbons (Fsp3) is 0.500. The number of aromatic nitrogens is 1. The minimum atomic E-state index is -0.859. The molecule has 0 aliphatic rings. The Balaban J connectivity index is 2.82. The molecule has 1 aromatic heterocycles. The highest BCUT2D eigenvalue weighted by Crippen LogP contribution is 2.20. The van der Waals surface area contributed by atoms with Gasteiger partial charge in [-0.15, -0.1) is 0 Å². The number of hydrogen-bond donors (Lipinski definition) is 2. The van der Waals surface area contributed by atoms with E-state index < -0.39 is 6.09 Å². The van der Waals surface area contributed by atoms with Gasteiger partial charge in [-0.25, -0.2) is 4.79 Å². The molecule has 0 radical (unpaired) electrons. The van der Waals surface area contributed by atoms with Gasteiger partial charge in [-0.2, -0.15) is 0 Å². The Morgan fingerprint density at radius 2 is 2.10 bits per heavy atom. The number of ether oxygens (including phenoxy) is 1. The van der Waals surface area contributed by atoms with Crippen molar-refractivity contribution in [3.63, 3.8) is 0 Å². The van der Waals surface area contributed by atoms with Gasteiger partial charge in [0.1, 0.15) is 12.3 Å². The maximum absolute atomic E-state index is 12.2. The minimum Gasteiger partial charge on any atom is -0.448 e.